The van der Waals surface area contributed by atoms with Crippen LogP contribution in [0.2, 0.25) is 0 Å². The fraction of sp³-hybridized carbons (Fsp3) is 0.550. The van der Waals surface area contributed by atoms with Gasteiger partial charge in [-0.25, -0.2) is 0 Å². The maximum absolute atomic E-state index is 12.6. The van der Waals surface area contributed by atoms with Gasteiger partial charge in [-0.2, -0.15) is 0 Å². The second kappa shape index (κ2) is 7.39. The molecule has 1 aromatic carbocycles. The summed E-state index contributed by atoms with van der Waals surface area (Å²) < 4.78 is 5.46. The van der Waals surface area contributed by atoms with Gasteiger partial charge in [-0.05, 0) is 55.0 Å². The molecule has 4 nitrogen and oxygen atoms in total. The first-order valence-corrected chi connectivity index (χ1v) is 8.54. The highest BCUT2D eigenvalue weighted by Crippen LogP contribution is 2.44. The topological polar surface area (TPSA) is 49.8 Å². The lowest BCUT2D eigenvalue weighted by Crippen LogP contribution is -2.39. The molecule has 0 bridgehead atoms. The normalized spacial score (nSPS) is 20.9. The molecule has 132 valence electrons. The van der Waals surface area contributed by atoms with Gasteiger partial charge in [-0.1, -0.05) is 13.0 Å². The lowest BCUT2D eigenvalue weighted by molar-refractivity contribution is -0.137. The summed E-state index contributed by atoms with van der Waals surface area (Å²) in [6.45, 7) is 10.2. The quantitative estimate of drug-likeness (QED) is 0.843. The largest absolute Gasteiger partial charge is 0.496 e. The van der Waals surface area contributed by atoms with Crippen molar-refractivity contribution in [1.29, 1.82) is 0 Å². The van der Waals surface area contributed by atoms with Crippen LogP contribution < -0.4 is 4.74 Å². The average molecular weight is 331 g/mol. The molecule has 2 rings (SSSR count). The maximum atomic E-state index is 12.6. The summed E-state index contributed by atoms with van der Waals surface area (Å²) in [4.78, 5) is 14.3. The van der Waals surface area contributed by atoms with E-state index in [2.05, 4.69) is 13.5 Å². The monoisotopic (exact) mass is 331 g/mol. The van der Waals surface area contributed by atoms with Crippen LogP contribution in [0.5, 0.6) is 5.75 Å². The van der Waals surface area contributed by atoms with Crippen LogP contribution in [0.25, 0.3) is 0 Å². The lowest BCUT2D eigenvalue weighted by atomic mass is 9.72. The van der Waals surface area contributed by atoms with E-state index in [1.165, 1.54) is 5.56 Å². The molecule has 0 unspecified atom stereocenters. The standard InChI is InChI=1S/C20H29NO3/c1-7-10-21(5)20(23)13(3)16-9-8-15-12(2)11-17(24-6)14(4)18(15)19(16)22/h7,11,13,16,19,22H,1,8-10H2,2-6H3/t13-,16-,19+/m0/s1. The number of benzene rings is 1. The number of hydrogen-bond donors (Lipinski definition) is 1. The predicted molar refractivity (Wildman–Crippen MR) is 96.2 cm³/mol. The minimum absolute atomic E-state index is 0.0553. The number of carbonyl (C=O) groups excluding carboxylic acids is 1. The van der Waals surface area contributed by atoms with E-state index in [1.54, 1.807) is 25.1 Å². The maximum Gasteiger partial charge on any atom is 0.225 e. The number of hydrogen-bond acceptors (Lipinski definition) is 3. The fourth-order valence-electron chi connectivity index (χ4n) is 3.93. The first kappa shape index (κ1) is 18.5. The van der Waals surface area contributed by atoms with E-state index in [4.69, 9.17) is 4.74 Å². The van der Waals surface area contributed by atoms with Gasteiger partial charge in [0.25, 0.3) is 0 Å². The molecule has 1 N–H and O–H groups in total. The van der Waals surface area contributed by atoms with Crippen LogP contribution >= 0.6 is 0 Å². The molecule has 1 aromatic rings. The number of aliphatic hydroxyl groups is 1. The summed E-state index contributed by atoms with van der Waals surface area (Å²) in [5.41, 5.74) is 4.28. The van der Waals surface area contributed by atoms with Crippen molar-refractivity contribution in [1.82, 2.24) is 4.90 Å². The highest BCUT2D eigenvalue weighted by molar-refractivity contribution is 5.79. The molecule has 4 heteroatoms. The zero-order valence-electron chi connectivity index (χ0n) is 15.4. The molecule has 0 saturated carbocycles. The van der Waals surface area contributed by atoms with E-state index >= 15 is 0 Å². The molecule has 0 aromatic heterocycles. The molecule has 0 saturated heterocycles. The molecule has 0 heterocycles. The van der Waals surface area contributed by atoms with Crippen LogP contribution in [0.3, 0.4) is 0 Å². The van der Waals surface area contributed by atoms with Crippen LogP contribution in [0.4, 0.5) is 0 Å². The van der Waals surface area contributed by atoms with Crippen molar-refractivity contribution in [2.75, 3.05) is 20.7 Å². The Morgan fingerprint density at radius 3 is 2.79 bits per heavy atom. The van der Waals surface area contributed by atoms with Gasteiger partial charge in [-0.15, -0.1) is 6.58 Å². The van der Waals surface area contributed by atoms with E-state index in [1.807, 2.05) is 19.9 Å². The van der Waals surface area contributed by atoms with Crippen molar-refractivity contribution in [3.8, 4) is 5.75 Å². The Bertz CT molecular complexity index is 638. The number of fused-ring (bicyclic) bond motifs is 1. The Hall–Kier alpha value is -1.81. The Morgan fingerprint density at radius 2 is 2.21 bits per heavy atom. The van der Waals surface area contributed by atoms with Crippen LogP contribution in [0.1, 0.15) is 41.7 Å². The van der Waals surface area contributed by atoms with Gasteiger partial charge >= 0.3 is 0 Å². The van der Waals surface area contributed by atoms with Gasteiger partial charge in [0.2, 0.25) is 5.91 Å². The summed E-state index contributed by atoms with van der Waals surface area (Å²) in [6.07, 6.45) is 2.78. The van der Waals surface area contributed by atoms with E-state index < -0.39 is 6.10 Å². The van der Waals surface area contributed by atoms with Gasteiger partial charge in [0.15, 0.2) is 0 Å². The smallest absolute Gasteiger partial charge is 0.225 e. The first-order chi connectivity index (χ1) is 11.3. The van der Waals surface area contributed by atoms with Crippen molar-refractivity contribution in [2.45, 2.75) is 39.7 Å². The molecule has 0 fully saturated rings. The highest BCUT2D eigenvalue weighted by Gasteiger charge is 2.37. The number of nitrogens with zero attached hydrogens (tertiary/aromatic N) is 1. The second-order valence-corrected chi connectivity index (χ2v) is 6.86. The zero-order valence-corrected chi connectivity index (χ0v) is 15.4. The summed E-state index contributed by atoms with van der Waals surface area (Å²) >= 11 is 0. The Morgan fingerprint density at radius 1 is 1.54 bits per heavy atom. The Labute approximate surface area is 145 Å². The summed E-state index contributed by atoms with van der Waals surface area (Å²) in [7, 11) is 3.43. The average Bonchev–Trinajstić information content (AvgIpc) is 2.56. The van der Waals surface area contributed by atoms with Crippen molar-refractivity contribution >= 4 is 5.91 Å². The molecule has 1 amide bonds. The molecule has 24 heavy (non-hydrogen) atoms. The third-order valence-corrected chi connectivity index (χ3v) is 5.38. The van der Waals surface area contributed by atoms with Crippen LogP contribution in [-0.2, 0) is 11.2 Å². The van der Waals surface area contributed by atoms with E-state index in [-0.39, 0.29) is 17.7 Å². The van der Waals surface area contributed by atoms with Crippen LogP contribution in [-0.4, -0.2) is 36.6 Å². The molecule has 0 radical (unpaired) electrons. The number of rotatable bonds is 5. The van der Waals surface area contributed by atoms with Crippen molar-refractivity contribution in [3.63, 3.8) is 0 Å². The summed E-state index contributed by atoms with van der Waals surface area (Å²) in [6, 6.07) is 2.04. The third kappa shape index (κ3) is 3.20. The first-order valence-electron chi connectivity index (χ1n) is 8.54. The molecule has 1 aliphatic rings. The predicted octanol–water partition coefficient (Wildman–Crippen LogP) is 3.19. The molecule has 0 spiro atoms. The summed E-state index contributed by atoms with van der Waals surface area (Å²) in [5, 5.41) is 11.0. The Balaban J connectivity index is 2.35. The van der Waals surface area contributed by atoms with E-state index in [0.717, 1.165) is 35.3 Å². The number of ether oxygens (including phenoxy) is 1. The number of likely N-dealkylation sites (N-methyl/N-ethyl adjacent to an activating group) is 1. The van der Waals surface area contributed by atoms with Crippen molar-refractivity contribution < 1.29 is 14.6 Å². The second-order valence-electron chi connectivity index (χ2n) is 6.86. The SMILES string of the molecule is C=CCN(C)C(=O)[C@@H](C)[C@@H]1CCc2c(C)cc(OC)c(C)c2[C@@H]1O. The van der Waals surface area contributed by atoms with E-state index in [9.17, 15) is 9.90 Å². The number of aliphatic hydroxyl groups excluding tert-OH is 1. The van der Waals surface area contributed by atoms with Crippen molar-refractivity contribution in [3.05, 3.63) is 41.0 Å². The van der Waals surface area contributed by atoms with Gasteiger partial charge in [-0.3, -0.25) is 4.79 Å². The molecular formula is C20H29NO3. The number of methoxy groups -OCH3 is 1. The van der Waals surface area contributed by atoms with Crippen LogP contribution in [0, 0.1) is 25.7 Å². The number of aryl methyl sites for hydroxylation is 1. The highest BCUT2D eigenvalue weighted by atomic mass is 16.5. The van der Waals surface area contributed by atoms with Crippen LogP contribution in [0.15, 0.2) is 18.7 Å². The van der Waals surface area contributed by atoms with Gasteiger partial charge < -0.3 is 14.7 Å². The molecule has 1 aliphatic carbocycles. The molecular weight excluding hydrogens is 302 g/mol. The zero-order chi connectivity index (χ0) is 18.0. The molecule has 0 aliphatic heterocycles. The Kier molecular flexibility index (Phi) is 5.70. The molecule has 3 atom stereocenters. The van der Waals surface area contributed by atoms with Crippen molar-refractivity contribution in [2.24, 2.45) is 11.8 Å². The van der Waals surface area contributed by atoms with E-state index in [0.29, 0.717) is 6.54 Å². The number of amides is 1. The fourth-order valence-corrected chi connectivity index (χ4v) is 3.93. The van der Waals surface area contributed by atoms with Gasteiger partial charge in [0, 0.05) is 25.4 Å². The minimum Gasteiger partial charge on any atom is -0.496 e. The lowest BCUT2D eigenvalue weighted by Gasteiger charge is -2.36. The van der Waals surface area contributed by atoms with Gasteiger partial charge in [0.1, 0.15) is 5.75 Å². The third-order valence-electron chi connectivity index (χ3n) is 5.38. The minimum atomic E-state index is -0.640. The van der Waals surface area contributed by atoms with Gasteiger partial charge in [0.05, 0.1) is 13.2 Å². The summed E-state index contributed by atoms with van der Waals surface area (Å²) in [5.74, 6) is 0.542. The number of carbonyl (C=O) groups is 1.